The van der Waals surface area contributed by atoms with Crippen molar-refractivity contribution in [2.24, 2.45) is 0 Å². The van der Waals surface area contributed by atoms with Crippen molar-refractivity contribution in [3.63, 3.8) is 0 Å². The predicted molar refractivity (Wildman–Crippen MR) is 88.5 cm³/mol. The summed E-state index contributed by atoms with van der Waals surface area (Å²) in [5.74, 6) is 0. The van der Waals surface area contributed by atoms with Gasteiger partial charge in [0.2, 0.25) is 0 Å². The van der Waals surface area contributed by atoms with Gasteiger partial charge in [-0.1, -0.05) is 24.3 Å². The molecule has 2 rings (SSSR count). The molecule has 0 bridgehead atoms. The molecule has 0 saturated heterocycles. The summed E-state index contributed by atoms with van der Waals surface area (Å²) in [6.07, 6.45) is 0. The van der Waals surface area contributed by atoms with E-state index in [4.69, 9.17) is 17.7 Å². The maximum absolute atomic E-state index is 6.20. The molecule has 0 radical (unpaired) electrons. The quantitative estimate of drug-likeness (QED) is 0.681. The smallest absolute Gasteiger partial charge is 0.374 e. The first kappa shape index (κ1) is 16.9. The zero-order valence-electron chi connectivity index (χ0n) is 13.5. The molecular weight excluding hydrogens is 300 g/mol. The largest absolute Gasteiger partial charge is 0.391 e. The number of hydrogen-bond donors (Lipinski definition) is 0. The third kappa shape index (κ3) is 3.01. The van der Waals surface area contributed by atoms with Crippen LogP contribution in [-0.2, 0) is 17.7 Å². The van der Waals surface area contributed by atoms with E-state index in [1.165, 1.54) is 10.4 Å². The Morgan fingerprint density at radius 3 is 1.33 bits per heavy atom. The third-order valence-corrected chi connectivity index (χ3v) is 13.2. The van der Waals surface area contributed by atoms with Crippen molar-refractivity contribution in [2.75, 3.05) is 26.4 Å². The normalized spacial score (nSPS) is 18.7. The fourth-order valence-corrected chi connectivity index (χ4v) is 14.3. The van der Waals surface area contributed by atoms with Crippen LogP contribution in [0.15, 0.2) is 24.3 Å². The van der Waals surface area contributed by atoms with E-state index >= 15 is 0 Å². The molecule has 1 aliphatic heterocycles. The van der Waals surface area contributed by atoms with E-state index in [9.17, 15) is 0 Å². The van der Waals surface area contributed by atoms with E-state index in [0.29, 0.717) is 26.4 Å². The molecule has 118 valence electrons. The highest BCUT2D eigenvalue weighted by molar-refractivity contribution is 7.06. The zero-order valence-corrected chi connectivity index (χ0v) is 15.5. The minimum atomic E-state index is -2.45. The summed E-state index contributed by atoms with van der Waals surface area (Å²) in [5.41, 5.74) is 0.794. The van der Waals surface area contributed by atoms with Gasteiger partial charge in [0.05, 0.1) is 0 Å². The van der Waals surface area contributed by atoms with Gasteiger partial charge in [-0.05, 0) is 38.1 Å². The van der Waals surface area contributed by atoms with Crippen LogP contribution in [0.2, 0.25) is 5.67 Å². The molecule has 1 aromatic carbocycles. The van der Waals surface area contributed by atoms with Gasteiger partial charge < -0.3 is 17.7 Å². The molecule has 1 heterocycles. The average Bonchev–Trinajstić information content (AvgIpc) is 2.72. The fraction of sp³-hybridized carbons (Fsp3) is 0.600. The lowest BCUT2D eigenvalue weighted by molar-refractivity contribution is 0.181. The van der Waals surface area contributed by atoms with Crippen LogP contribution in [0, 0.1) is 0 Å². The van der Waals surface area contributed by atoms with Crippen molar-refractivity contribution in [2.45, 2.75) is 33.4 Å². The Balaban J connectivity index is 2.53. The minimum absolute atomic E-state index is 0.656. The minimum Gasteiger partial charge on any atom is -0.391 e. The average molecular weight is 327 g/mol. The maximum atomic E-state index is 6.20. The molecule has 21 heavy (non-hydrogen) atoms. The summed E-state index contributed by atoms with van der Waals surface area (Å²) in [6.45, 7) is 10.7. The molecule has 4 nitrogen and oxygen atoms in total. The lowest BCUT2D eigenvalue weighted by Gasteiger charge is -2.29. The second kappa shape index (κ2) is 7.17. The van der Waals surface area contributed by atoms with E-state index in [1.807, 2.05) is 27.7 Å². The Morgan fingerprint density at radius 1 is 0.714 bits per heavy atom. The summed E-state index contributed by atoms with van der Waals surface area (Å²) in [7, 11) is -4.90. The molecule has 1 aliphatic rings. The van der Waals surface area contributed by atoms with E-state index in [2.05, 4.69) is 24.3 Å². The highest BCUT2D eigenvalue weighted by atomic mass is 28.4. The highest BCUT2D eigenvalue weighted by Gasteiger charge is 2.62. The molecule has 1 aromatic rings. The van der Waals surface area contributed by atoms with Gasteiger partial charge in [0, 0.05) is 32.1 Å². The summed E-state index contributed by atoms with van der Waals surface area (Å²) in [6, 6.07) is 8.39. The van der Waals surface area contributed by atoms with Crippen LogP contribution in [0.4, 0.5) is 0 Å². The lowest BCUT2D eigenvalue weighted by Crippen LogP contribution is -2.53. The molecule has 0 atom stereocenters. The SMILES string of the molecule is CCO[Si]1(OCC)C[Si](OCC)(OCC)c2ccccc21. The first-order valence-corrected chi connectivity index (χ1v) is 11.9. The lowest BCUT2D eigenvalue weighted by atomic mass is 10.4. The molecule has 6 heteroatoms. The molecule has 0 amide bonds. The molecule has 0 N–H and O–H groups in total. The third-order valence-electron chi connectivity index (χ3n) is 3.72. The van der Waals surface area contributed by atoms with Crippen LogP contribution < -0.4 is 10.4 Å². The van der Waals surface area contributed by atoms with Gasteiger partial charge >= 0.3 is 17.1 Å². The summed E-state index contributed by atoms with van der Waals surface area (Å²) >= 11 is 0. The summed E-state index contributed by atoms with van der Waals surface area (Å²) < 4.78 is 24.8. The van der Waals surface area contributed by atoms with Gasteiger partial charge in [0.25, 0.3) is 0 Å². The Hall–Kier alpha value is -0.506. The van der Waals surface area contributed by atoms with Gasteiger partial charge in [-0.2, -0.15) is 0 Å². The summed E-state index contributed by atoms with van der Waals surface area (Å²) in [5, 5.41) is 2.42. The van der Waals surface area contributed by atoms with Crippen molar-refractivity contribution in [3.8, 4) is 0 Å². The number of hydrogen-bond acceptors (Lipinski definition) is 4. The fourth-order valence-electron chi connectivity index (χ4n) is 3.18. The molecule has 0 unspecified atom stereocenters. The zero-order chi connectivity index (χ0) is 15.3. The molecule has 0 fully saturated rings. The Bertz CT molecular complexity index is 414. The number of rotatable bonds is 8. The van der Waals surface area contributed by atoms with Gasteiger partial charge in [-0.25, -0.2) is 0 Å². The van der Waals surface area contributed by atoms with Crippen molar-refractivity contribution in [3.05, 3.63) is 24.3 Å². The second-order valence-corrected chi connectivity index (χ2v) is 11.6. The highest BCUT2D eigenvalue weighted by Crippen LogP contribution is 2.30. The second-order valence-electron chi connectivity index (χ2n) is 4.96. The van der Waals surface area contributed by atoms with Crippen LogP contribution >= 0.6 is 0 Å². The standard InChI is InChI=1S/C15H26O4Si2/c1-5-16-20(17-6-2)13-21(18-7-3,19-8-4)15-12-10-9-11-14(15)20/h9-12H,5-8,13H2,1-4H3. The van der Waals surface area contributed by atoms with Crippen LogP contribution in [0.1, 0.15) is 27.7 Å². The molecule has 0 aliphatic carbocycles. The van der Waals surface area contributed by atoms with Gasteiger partial charge in [0.1, 0.15) is 0 Å². The molecule has 0 aromatic heterocycles. The Morgan fingerprint density at radius 2 is 1.05 bits per heavy atom. The van der Waals surface area contributed by atoms with Gasteiger partial charge in [-0.3, -0.25) is 0 Å². The van der Waals surface area contributed by atoms with Crippen molar-refractivity contribution >= 4 is 27.5 Å². The van der Waals surface area contributed by atoms with Crippen molar-refractivity contribution in [1.82, 2.24) is 0 Å². The van der Waals surface area contributed by atoms with E-state index in [1.54, 1.807) is 0 Å². The van der Waals surface area contributed by atoms with E-state index < -0.39 is 17.1 Å². The monoisotopic (exact) mass is 326 g/mol. The van der Waals surface area contributed by atoms with Gasteiger partial charge in [0.15, 0.2) is 0 Å². The first-order chi connectivity index (χ1) is 10.2. The molecule has 0 spiro atoms. The van der Waals surface area contributed by atoms with Crippen LogP contribution in [0.25, 0.3) is 0 Å². The maximum Gasteiger partial charge on any atom is 0.374 e. The Kier molecular flexibility index (Phi) is 5.76. The number of benzene rings is 1. The predicted octanol–water partition coefficient (Wildman–Crippen LogP) is 1.68. The topological polar surface area (TPSA) is 36.9 Å². The van der Waals surface area contributed by atoms with Crippen LogP contribution in [0.5, 0.6) is 0 Å². The number of fused-ring (bicyclic) bond motifs is 1. The van der Waals surface area contributed by atoms with Crippen molar-refractivity contribution < 1.29 is 17.7 Å². The molecular formula is C15H26O4Si2. The van der Waals surface area contributed by atoms with Crippen LogP contribution in [-0.4, -0.2) is 43.5 Å². The summed E-state index contributed by atoms with van der Waals surface area (Å²) in [4.78, 5) is 0. The van der Waals surface area contributed by atoms with E-state index in [-0.39, 0.29) is 0 Å². The molecule has 0 saturated carbocycles. The van der Waals surface area contributed by atoms with Gasteiger partial charge in [-0.15, -0.1) is 0 Å². The van der Waals surface area contributed by atoms with Crippen molar-refractivity contribution in [1.29, 1.82) is 0 Å². The van der Waals surface area contributed by atoms with Crippen LogP contribution in [0.3, 0.4) is 0 Å². The Labute approximate surface area is 129 Å². The first-order valence-electron chi connectivity index (χ1n) is 7.83. The van der Waals surface area contributed by atoms with E-state index in [0.717, 1.165) is 5.67 Å².